The lowest BCUT2D eigenvalue weighted by molar-refractivity contribution is 0.0769. The van der Waals surface area contributed by atoms with Crippen molar-refractivity contribution in [3.8, 4) is 0 Å². The van der Waals surface area contributed by atoms with E-state index in [0.717, 1.165) is 19.3 Å². The minimum absolute atomic E-state index is 0.0461. The van der Waals surface area contributed by atoms with Crippen LogP contribution in [0.2, 0.25) is 0 Å². The van der Waals surface area contributed by atoms with E-state index >= 15 is 0 Å². The molecule has 3 N–H and O–H groups in total. The number of nitrogen functional groups attached to an aromatic ring is 1. The van der Waals surface area contributed by atoms with Crippen LogP contribution in [-0.4, -0.2) is 46.3 Å². The number of hydrogen-bond acceptors (Lipinski definition) is 5. The van der Waals surface area contributed by atoms with Gasteiger partial charge in [-0.05, 0) is 38.5 Å². The minimum atomic E-state index is -0.213. The van der Waals surface area contributed by atoms with Crippen LogP contribution in [0.25, 0.3) is 10.9 Å². The Bertz CT molecular complexity index is 787. The molecule has 1 aromatic carbocycles. The molecular weight excluding hydrogens is 330 g/mol. The van der Waals surface area contributed by atoms with Crippen LogP contribution in [0.1, 0.15) is 60.9 Å². The molecule has 140 valence electrons. The first-order valence-electron chi connectivity index (χ1n) is 9.16. The number of fused-ring (bicyclic) bond motifs is 1. The van der Waals surface area contributed by atoms with Crippen LogP contribution >= 0.6 is 0 Å². The van der Waals surface area contributed by atoms with E-state index in [0.29, 0.717) is 36.1 Å². The van der Waals surface area contributed by atoms with Crippen LogP contribution < -0.4 is 11.1 Å². The summed E-state index contributed by atoms with van der Waals surface area (Å²) in [6, 6.07) is 5.06. The summed E-state index contributed by atoms with van der Waals surface area (Å²) in [7, 11) is 0. The van der Waals surface area contributed by atoms with Gasteiger partial charge in [-0.25, -0.2) is 9.97 Å². The van der Waals surface area contributed by atoms with Gasteiger partial charge in [-0.15, -0.1) is 0 Å². The number of nitrogens with zero attached hydrogens (tertiary/aromatic N) is 3. The molecule has 0 saturated heterocycles. The predicted molar refractivity (Wildman–Crippen MR) is 103 cm³/mol. The van der Waals surface area contributed by atoms with Gasteiger partial charge in [-0.3, -0.25) is 9.59 Å². The van der Waals surface area contributed by atoms with Gasteiger partial charge in [0.2, 0.25) is 5.95 Å². The van der Waals surface area contributed by atoms with Crippen molar-refractivity contribution in [3.63, 3.8) is 0 Å². The third-order valence-electron chi connectivity index (χ3n) is 4.29. The molecule has 0 aliphatic rings. The second kappa shape index (κ2) is 9.12. The predicted octanol–water partition coefficient (Wildman–Crippen LogP) is 2.61. The van der Waals surface area contributed by atoms with E-state index in [2.05, 4.69) is 22.2 Å². The molecule has 2 amide bonds. The Kier molecular flexibility index (Phi) is 6.89. The zero-order chi connectivity index (χ0) is 19.1. The average molecular weight is 357 g/mol. The third-order valence-corrected chi connectivity index (χ3v) is 4.29. The van der Waals surface area contributed by atoms with Gasteiger partial charge >= 0.3 is 0 Å². The van der Waals surface area contributed by atoms with Crippen LogP contribution in [0.3, 0.4) is 0 Å². The minimum Gasteiger partial charge on any atom is -0.368 e. The number of rotatable bonds is 8. The Morgan fingerprint density at radius 3 is 2.50 bits per heavy atom. The summed E-state index contributed by atoms with van der Waals surface area (Å²) >= 11 is 0. The Hall–Kier alpha value is -2.70. The molecule has 2 aromatic rings. The van der Waals surface area contributed by atoms with Crippen molar-refractivity contribution in [2.75, 3.05) is 25.4 Å². The Labute approximate surface area is 154 Å². The van der Waals surface area contributed by atoms with E-state index in [1.807, 2.05) is 13.8 Å². The number of unbranched alkanes of at least 4 members (excludes halogenated alkanes) is 2. The first kappa shape index (κ1) is 19.6. The van der Waals surface area contributed by atoms with Gasteiger partial charge < -0.3 is 16.0 Å². The number of hydrogen-bond donors (Lipinski definition) is 2. The number of carbonyl (C=O) groups excluding carboxylic acids is 2. The Morgan fingerprint density at radius 2 is 1.85 bits per heavy atom. The van der Waals surface area contributed by atoms with Gasteiger partial charge in [0.25, 0.3) is 11.8 Å². The lowest BCUT2D eigenvalue weighted by Gasteiger charge is -2.19. The Balaban J connectivity index is 2.37. The summed E-state index contributed by atoms with van der Waals surface area (Å²) in [6.07, 6.45) is 3.12. The summed E-state index contributed by atoms with van der Waals surface area (Å²) in [5.74, 6) is -0.333. The summed E-state index contributed by atoms with van der Waals surface area (Å²) in [4.78, 5) is 35.1. The summed E-state index contributed by atoms with van der Waals surface area (Å²) in [5, 5.41) is 3.44. The standard InChI is InChI=1S/C19H27N5O2/c1-4-7-8-11-21-17(25)13-9-10-15-14(12-13)16(23-19(20)22-15)18(26)24(5-2)6-3/h9-10,12H,4-8,11H2,1-3H3,(H,21,25)(H2,20,22,23). The van der Waals surface area contributed by atoms with Gasteiger partial charge in [0.1, 0.15) is 5.69 Å². The summed E-state index contributed by atoms with van der Waals surface area (Å²) in [5.41, 5.74) is 7.03. The molecule has 1 aromatic heterocycles. The molecule has 2 rings (SSSR count). The monoisotopic (exact) mass is 357 g/mol. The first-order valence-corrected chi connectivity index (χ1v) is 9.16. The maximum Gasteiger partial charge on any atom is 0.273 e. The smallest absolute Gasteiger partial charge is 0.273 e. The molecule has 0 spiro atoms. The molecule has 7 nitrogen and oxygen atoms in total. The molecule has 7 heteroatoms. The van der Waals surface area contributed by atoms with Gasteiger partial charge in [0.05, 0.1) is 5.52 Å². The lowest BCUT2D eigenvalue weighted by atomic mass is 10.1. The molecule has 0 saturated carbocycles. The molecule has 0 fully saturated rings. The second-order valence-corrected chi connectivity index (χ2v) is 6.10. The molecule has 26 heavy (non-hydrogen) atoms. The van der Waals surface area contributed by atoms with Crippen molar-refractivity contribution in [3.05, 3.63) is 29.5 Å². The van der Waals surface area contributed by atoms with Crippen LogP contribution in [0.5, 0.6) is 0 Å². The fourth-order valence-corrected chi connectivity index (χ4v) is 2.79. The van der Waals surface area contributed by atoms with E-state index < -0.39 is 0 Å². The molecule has 0 radical (unpaired) electrons. The normalized spacial score (nSPS) is 10.7. The number of nitrogens with one attached hydrogen (secondary N) is 1. The van der Waals surface area contributed by atoms with Crippen molar-refractivity contribution in [2.24, 2.45) is 0 Å². The third kappa shape index (κ3) is 4.47. The summed E-state index contributed by atoms with van der Waals surface area (Å²) < 4.78 is 0. The largest absolute Gasteiger partial charge is 0.368 e. The van der Waals surface area contributed by atoms with E-state index in [-0.39, 0.29) is 23.5 Å². The fourth-order valence-electron chi connectivity index (χ4n) is 2.79. The van der Waals surface area contributed by atoms with E-state index in [9.17, 15) is 9.59 Å². The van der Waals surface area contributed by atoms with Gasteiger partial charge in [0, 0.05) is 30.6 Å². The number of anilines is 1. The maximum absolute atomic E-state index is 12.8. The Morgan fingerprint density at radius 1 is 1.12 bits per heavy atom. The van der Waals surface area contributed by atoms with Crippen molar-refractivity contribution in [1.82, 2.24) is 20.2 Å². The second-order valence-electron chi connectivity index (χ2n) is 6.10. The topological polar surface area (TPSA) is 101 Å². The number of nitrogens with two attached hydrogens (primary N) is 1. The molecule has 0 atom stereocenters. The van der Waals surface area contributed by atoms with E-state index in [1.54, 1.807) is 23.1 Å². The highest BCUT2D eigenvalue weighted by Gasteiger charge is 2.20. The highest BCUT2D eigenvalue weighted by Crippen LogP contribution is 2.20. The zero-order valence-corrected chi connectivity index (χ0v) is 15.7. The maximum atomic E-state index is 12.8. The quantitative estimate of drug-likeness (QED) is 0.707. The molecule has 1 heterocycles. The van der Waals surface area contributed by atoms with Crippen molar-refractivity contribution < 1.29 is 9.59 Å². The van der Waals surface area contributed by atoms with Gasteiger partial charge in [-0.2, -0.15) is 0 Å². The van der Waals surface area contributed by atoms with E-state index in [4.69, 9.17) is 5.73 Å². The van der Waals surface area contributed by atoms with Gasteiger partial charge in [-0.1, -0.05) is 19.8 Å². The average Bonchev–Trinajstić information content (AvgIpc) is 2.64. The van der Waals surface area contributed by atoms with Crippen LogP contribution in [0.4, 0.5) is 5.95 Å². The van der Waals surface area contributed by atoms with Crippen LogP contribution in [-0.2, 0) is 0 Å². The summed E-state index contributed by atoms with van der Waals surface area (Å²) in [6.45, 7) is 7.70. The van der Waals surface area contributed by atoms with Crippen molar-refractivity contribution in [2.45, 2.75) is 40.0 Å². The zero-order valence-electron chi connectivity index (χ0n) is 15.7. The van der Waals surface area contributed by atoms with Gasteiger partial charge in [0.15, 0.2) is 0 Å². The highest BCUT2D eigenvalue weighted by atomic mass is 16.2. The molecular formula is C19H27N5O2. The van der Waals surface area contributed by atoms with Crippen molar-refractivity contribution >= 4 is 28.7 Å². The van der Waals surface area contributed by atoms with Crippen molar-refractivity contribution in [1.29, 1.82) is 0 Å². The van der Waals surface area contributed by atoms with E-state index in [1.165, 1.54) is 0 Å². The molecule has 0 aliphatic carbocycles. The highest BCUT2D eigenvalue weighted by molar-refractivity contribution is 6.07. The SMILES string of the molecule is CCCCCNC(=O)c1ccc2nc(N)nc(C(=O)N(CC)CC)c2c1. The molecule has 0 aliphatic heterocycles. The first-order chi connectivity index (χ1) is 12.5. The number of benzene rings is 1. The number of carbonyl (C=O) groups is 2. The number of amides is 2. The fraction of sp³-hybridized carbons (Fsp3) is 0.474. The number of aromatic nitrogens is 2. The lowest BCUT2D eigenvalue weighted by Crippen LogP contribution is -2.31. The van der Waals surface area contributed by atoms with Crippen LogP contribution in [0, 0.1) is 0 Å². The molecule has 0 bridgehead atoms. The van der Waals surface area contributed by atoms with Crippen LogP contribution in [0.15, 0.2) is 18.2 Å². The molecule has 0 unspecified atom stereocenters.